The molecule has 5 heteroatoms. The number of thiophene rings is 1. The molecule has 0 bridgehead atoms. The maximum Gasteiger partial charge on any atom is 0.345 e. The van der Waals surface area contributed by atoms with Crippen LogP contribution < -0.4 is 5.32 Å². The number of aromatic carboxylic acids is 1. The van der Waals surface area contributed by atoms with Gasteiger partial charge in [0.15, 0.2) is 0 Å². The Morgan fingerprint density at radius 3 is 2.76 bits per heavy atom. The first-order valence-corrected chi connectivity index (χ1v) is 6.01. The van der Waals surface area contributed by atoms with E-state index in [1.165, 1.54) is 6.07 Å². The van der Waals surface area contributed by atoms with Crippen LogP contribution in [0.4, 0.5) is 5.00 Å². The van der Waals surface area contributed by atoms with E-state index in [0.717, 1.165) is 24.2 Å². The van der Waals surface area contributed by atoms with Crippen molar-refractivity contribution in [1.82, 2.24) is 0 Å². The molecule has 1 heterocycles. The van der Waals surface area contributed by atoms with Crippen LogP contribution in [0, 0.1) is 12.3 Å². The number of carbonyl (C=O) groups excluding carboxylic acids is 1. The van der Waals surface area contributed by atoms with Gasteiger partial charge >= 0.3 is 5.97 Å². The Morgan fingerprint density at radius 1 is 1.41 bits per heavy atom. The maximum absolute atomic E-state index is 11.5. The molecular weight excluding hydrogens is 238 g/mol. The summed E-state index contributed by atoms with van der Waals surface area (Å²) in [4.78, 5) is 22.3. The molecule has 0 unspecified atom stereocenters. The van der Waals surface area contributed by atoms with Crippen LogP contribution in [0.15, 0.2) is 12.1 Å². The van der Waals surface area contributed by atoms with E-state index >= 15 is 0 Å². The summed E-state index contributed by atoms with van der Waals surface area (Å²) >= 11 is 1.05. The summed E-state index contributed by atoms with van der Waals surface area (Å²) in [7, 11) is 0. The minimum atomic E-state index is -0.982. The number of terminal acetylenes is 1. The highest BCUT2D eigenvalue weighted by Crippen LogP contribution is 2.22. The van der Waals surface area contributed by atoms with Crippen molar-refractivity contribution < 1.29 is 14.7 Å². The fourth-order valence-electron chi connectivity index (χ4n) is 1.23. The Hall–Kier alpha value is -1.80. The molecule has 0 atom stereocenters. The molecular formula is C12H13NO3S. The first-order valence-electron chi connectivity index (χ1n) is 5.20. The summed E-state index contributed by atoms with van der Waals surface area (Å²) in [6, 6.07) is 3.06. The summed E-state index contributed by atoms with van der Waals surface area (Å²) < 4.78 is 0. The highest BCUT2D eigenvalue weighted by Gasteiger charge is 2.08. The molecule has 2 N–H and O–H groups in total. The van der Waals surface area contributed by atoms with Crippen molar-refractivity contribution in [3.05, 3.63) is 17.0 Å². The van der Waals surface area contributed by atoms with Crippen molar-refractivity contribution in [3.63, 3.8) is 0 Å². The summed E-state index contributed by atoms with van der Waals surface area (Å²) in [6.07, 6.45) is 7.75. The molecule has 0 aromatic carbocycles. The Morgan fingerprint density at radius 2 is 2.18 bits per heavy atom. The topological polar surface area (TPSA) is 66.4 Å². The molecule has 17 heavy (non-hydrogen) atoms. The number of rotatable bonds is 6. The lowest BCUT2D eigenvalue weighted by Crippen LogP contribution is -2.09. The van der Waals surface area contributed by atoms with E-state index in [2.05, 4.69) is 11.2 Å². The smallest absolute Gasteiger partial charge is 0.345 e. The zero-order valence-corrected chi connectivity index (χ0v) is 10.0. The number of carboxylic acids is 1. The Kier molecular flexibility index (Phi) is 5.24. The summed E-state index contributed by atoms with van der Waals surface area (Å²) in [5.74, 6) is 1.42. The number of hydrogen-bond donors (Lipinski definition) is 2. The predicted octanol–water partition coefficient (Wildman–Crippen LogP) is 2.58. The Labute approximate surface area is 104 Å². The van der Waals surface area contributed by atoms with Gasteiger partial charge in [-0.3, -0.25) is 4.79 Å². The van der Waals surface area contributed by atoms with Crippen LogP contribution in [-0.4, -0.2) is 17.0 Å². The number of carboxylic acid groups (broad SMARTS) is 1. The van der Waals surface area contributed by atoms with Crippen molar-refractivity contribution in [2.75, 3.05) is 5.32 Å². The van der Waals surface area contributed by atoms with Gasteiger partial charge in [-0.1, -0.05) is 0 Å². The van der Waals surface area contributed by atoms with Gasteiger partial charge < -0.3 is 10.4 Å². The van der Waals surface area contributed by atoms with E-state index in [-0.39, 0.29) is 10.8 Å². The van der Waals surface area contributed by atoms with Crippen molar-refractivity contribution in [1.29, 1.82) is 0 Å². The van der Waals surface area contributed by atoms with E-state index in [9.17, 15) is 9.59 Å². The van der Waals surface area contributed by atoms with Crippen molar-refractivity contribution in [2.24, 2.45) is 0 Å². The van der Waals surface area contributed by atoms with E-state index in [1.54, 1.807) is 6.07 Å². The molecule has 0 saturated carbocycles. The van der Waals surface area contributed by atoms with E-state index in [0.29, 0.717) is 17.8 Å². The summed E-state index contributed by atoms with van der Waals surface area (Å²) in [5, 5.41) is 11.9. The maximum atomic E-state index is 11.5. The Balaban J connectivity index is 2.35. The minimum absolute atomic E-state index is 0.110. The van der Waals surface area contributed by atoms with Crippen LogP contribution in [0.3, 0.4) is 0 Å². The first kappa shape index (κ1) is 13.3. The minimum Gasteiger partial charge on any atom is -0.477 e. The van der Waals surface area contributed by atoms with Crippen LogP contribution >= 0.6 is 11.3 Å². The third kappa shape index (κ3) is 4.70. The van der Waals surface area contributed by atoms with Gasteiger partial charge in [0.25, 0.3) is 0 Å². The lowest BCUT2D eigenvalue weighted by atomic mass is 10.2. The van der Waals surface area contributed by atoms with Crippen molar-refractivity contribution >= 4 is 28.2 Å². The van der Waals surface area contributed by atoms with Gasteiger partial charge in [-0.15, -0.1) is 23.7 Å². The molecule has 0 aliphatic carbocycles. The van der Waals surface area contributed by atoms with Crippen LogP contribution in [0.25, 0.3) is 0 Å². The van der Waals surface area contributed by atoms with Crippen molar-refractivity contribution in [3.8, 4) is 12.3 Å². The third-order valence-corrected chi connectivity index (χ3v) is 3.04. The quantitative estimate of drug-likeness (QED) is 0.603. The van der Waals surface area contributed by atoms with Gasteiger partial charge in [-0.05, 0) is 25.0 Å². The number of carbonyl (C=O) groups is 2. The van der Waals surface area contributed by atoms with Crippen LogP contribution in [-0.2, 0) is 4.79 Å². The number of hydrogen-bond acceptors (Lipinski definition) is 3. The molecule has 1 aromatic rings. The number of nitrogens with one attached hydrogen (secondary N) is 1. The largest absolute Gasteiger partial charge is 0.477 e. The normalized spacial score (nSPS) is 9.59. The molecule has 1 aromatic heterocycles. The van der Waals surface area contributed by atoms with Gasteiger partial charge in [0.1, 0.15) is 4.88 Å². The summed E-state index contributed by atoms with van der Waals surface area (Å²) in [6.45, 7) is 0. The zero-order chi connectivity index (χ0) is 12.7. The molecule has 0 radical (unpaired) electrons. The van der Waals surface area contributed by atoms with Gasteiger partial charge in [0.05, 0.1) is 5.00 Å². The van der Waals surface area contributed by atoms with Gasteiger partial charge in [-0.2, -0.15) is 0 Å². The Bertz CT molecular complexity index is 445. The average Bonchev–Trinajstić information content (AvgIpc) is 2.73. The second-order valence-electron chi connectivity index (χ2n) is 3.43. The van der Waals surface area contributed by atoms with Crippen LogP contribution in [0.5, 0.6) is 0 Å². The molecule has 0 spiro atoms. The average molecular weight is 251 g/mol. The zero-order valence-electron chi connectivity index (χ0n) is 9.23. The molecule has 0 fully saturated rings. The molecule has 0 aliphatic heterocycles. The molecule has 90 valence electrons. The summed E-state index contributed by atoms with van der Waals surface area (Å²) in [5.41, 5.74) is 0. The molecule has 4 nitrogen and oxygen atoms in total. The highest BCUT2D eigenvalue weighted by molar-refractivity contribution is 7.18. The number of anilines is 1. The van der Waals surface area contributed by atoms with Crippen molar-refractivity contribution in [2.45, 2.75) is 25.7 Å². The lowest BCUT2D eigenvalue weighted by molar-refractivity contribution is -0.116. The van der Waals surface area contributed by atoms with Crippen LogP contribution in [0.1, 0.15) is 35.4 Å². The molecule has 1 amide bonds. The van der Waals surface area contributed by atoms with E-state index in [4.69, 9.17) is 11.5 Å². The predicted molar refractivity (Wildman–Crippen MR) is 67.2 cm³/mol. The third-order valence-electron chi connectivity index (χ3n) is 2.05. The van der Waals surface area contributed by atoms with E-state index < -0.39 is 5.97 Å². The second kappa shape index (κ2) is 6.71. The van der Waals surface area contributed by atoms with E-state index in [1.807, 2.05) is 0 Å². The highest BCUT2D eigenvalue weighted by atomic mass is 32.1. The fourth-order valence-corrected chi connectivity index (χ4v) is 1.99. The number of amides is 1. The molecule has 0 aliphatic rings. The van der Waals surface area contributed by atoms with Gasteiger partial charge in [-0.25, -0.2) is 4.79 Å². The SMILES string of the molecule is C#CCCCCC(=O)Nc1ccc(C(=O)O)s1. The lowest BCUT2D eigenvalue weighted by Gasteiger charge is -2.00. The number of unbranched alkanes of at least 4 members (excludes halogenated alkanes) is 2. The molecule has 0 saturated heterocycles. The van der Waals surface area contributed by atoms with Crippen LogP contribution in [0.2, 0.25) is 0 Å². The fraction of sp³-hybridized carbons (Fsp3) is 0.333. The standard InChI is InChI=1S/C12H13NO3S/c1-2-3-4-5-6-10(14)13-11-8-7-9(17-11)12(15)16/h1,7-8H,3-6H2,(H,13,14)(H,15,16). The monoisotopic (exact) mass is 251 g/mol. The van der Waals surface area contributed by atoms with Gasteiger partial charge in [0.2, 0.25) is 5.91 Å². The first-order chi connectivity index (χ1) is 8.13. The molecule has 1 rings (SSSR count). The second-order valence-corrected chi connectivity index (χ2v) is 4.51. The van der Waals surface area contributed by atoms with Gasteiger partial charge in [0, 0.05) is 12.8 Å².